The van der Waals surface area contributed by atoms with E-state index >= 15 is 0 Å². The Balaban J connectivity index is 3.54. The first kappa shape index (κ1) is 9.15. The predicted octanol–water partition coefficient (Wildman–Crippen LogP) is -0.712. The lowest BCUT2D eigenvalue weighted by Crippen LogP contribution is -2.28. The van der Waals surface area contributed by atoms with Gasteiger partial charge in [-0.1, -0.05) is 0 Å². The number of terminal acetylenes is 1. The molecule has 0 aliphatic heterocycles. The lowest BCUT2D eigenvalue weighted by molar-refractivity contribution is -0.126. The van der Waals surface area contributed by atoms with Crippen LogP contribution in [0.25, 0.3) is 0 Å². The van der Waals surface area contributed by atoms with Crippen molar-refractivity contribution in [1.29, 1.82) is 0 Å². The fourth-order valence-corrected chi connectivity index (χ4v) is 0.493. The lowest BCUT2D eigenvalue weighted by atomic mass is 10.1. The SMILES string of the molecule is C#CCCC(=O)C(O)CN. The first-order valence-corrected chi connectivity index (χ1v) is 3.06. The Morgan fingerprint density at radius 3 is 2.80 bits per heavy atom. The van der Waals surface area contributed by atoms with Crippen LogP contribution in [0.4, 0.5) is 0 Å². The van der Waals surface area contributed by atoms with Gasteiger partial charge in [0.05, 0.1) is 0 Å². The maximum Gasteiger partial charge on any atom is 0.163 e. The van der Waals surface area contributed by atoms with E-state index in [-0.39, 0.29) is 18.7 Å². The van der Waals surface area contributed by atoms with Crippen molar-refractivity contribution in [1.82, 2.24) is 0 Å². The van der Waals surface area contributed by atoms with Crippen LogP contribution in [0.1, 0.15) is 12.8 Å². The van der Waals surface area contributed by atoms with Crippen molar-refractivity contribution in [2.45, 2.75) is 18.9 Å². The molecule has 1 atom stereocenters. The molecule has 0 heterocycles. The molecule has 0 spiro atoms. The molecule has 0 amide bonds. The Morgan fingerprint density at radius 1 is 1.80 bits per heavy atom. The minimum atomic E-state index is -1.03. The molecule has 3 heteroatoms. The summed E-state index contributed by atoms with van der Waals surface area (Å²) in [5.41, 5.74) is 5.02. The fraction of sp³-hybridized carbons (Fsp3) is 0.571. The predicted molar refractivity (Wildman–Crippen MR) is 38.1 cm³/mol. The van der Waals surface area contributed by atoms with Crippen molar-refractivity contribution in [3.63, 3.8) is 0 Å². The first-order valence-electron chi connectivity index (χ1n) is 3.06. The third-order valence-corrected chi connectivity index (χ3v) is 1.11. The molecule has 0 aliphatic rings. The highest BCUT2D eigenvalue weighted by Gasteiger charge is 2.10. The molecular weight excluding hydrogens is 130 g/mol. The molecule has 0 bridgehead atoms. The Bertz CT molecular complexity index is 148. The summed E-state index contributed by atoms with van der Waals surface area (Å²) in [4.78, 5) is 10.7. The summed E-state index contributed by atoms with van der Waals surface area (Å²) in [6.07, 6.45) is 4.46. The number of ketones is 1. The molecule has 56 valence electrons. The number of aliphatic hydroxyl groups excluding tert-OH is 1. The molecule has 0 saturated heterocycles. The number of carbonyl (C=O) groups is 1. The molecule has 0 aromatic heterocycles. The van der Waals surface area contributed by atoms with Crippen molar-refractivity contribution in [3.8, 4) is 12.3 Å². The maximum absolute atomic E-state index is 10.7. The summed E-state index contributed by atoms with van der Waals surface area (Å²) in [6.45, 7) is -0.0244. The number of nitrogens with two attached hydrogens (primary N) is 1. The van der Waals surface area contributed by atoms with Crippen molar-refractivity contribution < 1.29 is 9.90 Å². The van der Waals surface area contributed by atoms with E-state index in [4.69, 9.17) is 17.3 Å². The van der Waals surface area contributed by atoms with Gasteiger partial charge in [0.15, 0.2) is 5.78 Å². The highest BCUT2D eigenvalue weighted by molar-refractivity contribution is 5.83. The molecule has 10 heavy (non-hydrogen) atoms. The van der Waals surface area contributed by atoms with Crippen LogP contribution in [0, 0.1) is 12.3 Å². The monoisotopic (exact) mass is 141 g/mol. The number of rotatable bonds is 4. The zero-order valence-corrected chi connectivity index (χ0v) is 5.71. The highest BCUT2D eigenvalue weighted by Crippen LogP contribution is 1.92. The molecule has 0 aliphatic carbocycles. The van der Waals surface area contributed by atoms with Crippen molar-refractivity contribution in [2.24, 2.45) is 5.73 Å². The van der Waals surface area contributed by atoms with E-state index in [1.807, 2.05) is 0 Å². The van der Waals surface area contributed by atoms with Crippen LogP contribution in [0.3, 0.4) is 0 Å². The second-order valence-electron chi connectivity index (χ2n) is 1.92. The van der Waals surface area contributed by atoms with E-state index in [1.54, 1.807) is 0 Å². The Labute approximate surface area is 60.2 Å². The van der Waals surface area contributed by atoms with Crippen LogP contribution in [0.15, 0.2) is 0 Å². The molecule has 0 saturated carbocycles. The van der Waals surface area contributed by atoms with Gasteiger partial charge >= 0.3 is 0 Å². The first-order chi connectivity index (χ1) is 4.72. The standard InChI is InChI=1S/C7H11NO2/c1-2-3-4-6(9)7(10)5-8/h1,7,10H,3-5,8H2. The third-order valence-electron chi connectivity index (χ3n) is 1.11. The van der Waals surface area contributed by atoms with Gasteiger partial charge < -0.3 is 10.8 Å². The number of aliphatic hydroxyl groups is 1. The Morgan fingerprint density at radius 2 is 2.40 bits per heavy atom. The minimum Gasteiger partial charge on any atom is -0.384 e. The zero-order valence-electron chi connectivity index (χ0n) is 5.71. The van der Waals surface area contributed by atoms with E-state index in [9.17, 15) is 4.79 Å². The molecule has 0 aromatic rings. The van der Waals surface area contributed by atoms with E-state index in [1.165, 1.54) is 0 Å². The van der Waals surface area contributed by atoms with Crippen LogP contribution in [-0.2, 0) is 4.79 Å². The quantitative estimate of drug-likeness (QED) is 0.508. The van der Waals surface area contributed by atoms with Gasteiger partial charge in [-0.3, -0.25) is 4.79 Å². The maximum atomic E-state index is 10.7. The Kier molecular flexibility index (Phi) is 4.55. The summed E-state index contributed by atoms with van der Waals surface area (Å²) >= 11 is 0. The number of Topliss-reactive ketones (excluding diaryl/α,β-unsaturated/α-hetero) is 1. The third kappa shape index (κ3) is 3.23. The summed E-state index contributed by atoms with van der Waals surface area (Å²) in [7, 11) is 0. The van der Waals surface area contributed by atoms with E-state index < -0.39 is 6.10 Å². The van der Waals surface area contributed by atoms with Gasteiger partial charge in [-0.15, -0.1) is 12.3 Å². The van der Waals surface area contributed by atoms with Gasteiger partial charge in [0, 0.05) is 19.4 Å². The zero-order chi connectivity index (χ0) is 7.98. The summed E-state index contributed by atoms with van der Waals surface area (Å²) < 4.78 is 0. The summed E-state index contributed by atoms with van der Waals surface area (Å²) in [5, 5.41) is 8.81. The number of carbonyl (C=O) groups excluding carboxylic acids is 1. The normalized spacial score (nSPS) is 12.1. The van der Waals surface area contributed by atoms with E-state index in [0.29, 0.717) is 6.42 Å². The van der Waals surface area contributed by atoms with Gasteiger partial charge in [-0.2, -0.15) is 0 Å². The van der Waals surface area contributed by atoms with Gasteiger partial charge in [0.2, 0.25) is 0 Å². The number of hydrogen-bond donors (Lipinski definition) is 2. The molecule has 3 nitrogen and oxygen atoms in total. The van der Waals surface area contributed by atoms with Crippen molar-refractivity contribution in [2.75, 3.05) is 6.54 Å². The molecule has 0 fully saturated rings. The van der Waals surface area contributed by atoms with Gasteiger partial charge in [-0.25, -0.2) is 0 Å². The average Bonchev–Trinajstić information content (AvgIpc) is 1.98. The topological polar surface area (TPSA) is 63.3 Å². The van der Waals surface area contributed by atoms with Gasteiger partial charge in [-0.05, 0) is 0 Å². The summed E-state index contributed by atoms with van der Waals surface area (Å²) in [6, 6.07) is 0. The molecular formula is C7H11NO2. The fourth-order valence-electron chi connectivity index (χ4n) is 0.493. The molecule has 1 unspecified atom stereocenters. The molecule has 0 rings (SSSR count). The largest absolute Gasteiger partial charge is 0.384 e. The van der Waals surface area contributed by atoms with E-state index in [0.717, 1.165) is 0 Å². The van der Waals surface area contributed by atoms with Crippen molar-refractivity contribution in [3.05, 3.63) is 0 Å². The second-order valence-corrected chi connectivity index (χ2v) is 1.92. The second kappa shape index (κ2) is 4.98. The van der Waals surface area contributed by atoms with Crippen LogP contribution in [0.5, 0.6) is 0 Å². The van der Waals surface area contributed by atoms with Crippen LogP contribution >= 0.6 is 0 Å². The van der Waals surface area contributed by atoms with Crippen LogP contribution in [-0.4, -0.2) is 23.5 Å². The van der Waals surface area contributed by atoms with Crippen LogP contribution in [0.2, 0.25) is 0 Å². The van der Waals surface area contributed by atoms with E-state index in [2.05, 4.69) is 5.92 Å². The molecule has 0 radical (unpaired) electrons. The summed E-state index contributed by atoms with van der Waals surface area (Å²) in [5.74, 6) is 2.03. The average molecular weight is 141 g/mol. The van der Waals surface area contributed by atoms with Crippen LogP contribution < -0.4 is 5.73 Å². The lowest BCUT2D eigenvalue weighted by Gasteiger charge is -2.02. The molecule has 3 N–H and O–H groups in total. The smallest absolute Gasteiger partial charge is 0.163 e. The highest BCUT2D eigenvalue weighted by atomic mass is 16.3. The minimum absolute atomic E-state index is 0.0244. The Hall–Kier alpha value is -0.850. The van der Waals surface area contributed by atoms with Gasteiger partial charge in [0.1, 0.15) is 6.10 Å². The van der Waals surface area contributed by atoms with Crippen molar-refractivity contribution >= 4 is 5.78 Å². The number of hydrogen-bond acceptors (Lipinski definition) is 3. The van der Waals surface area contributed by atoms with Gasteiger partial charge in [0.25, 0.3) is 0 Å². The molecule has 0 aromatic carbocycles.